The molecule has 0 aliphatic rings. The highest BCUT2D eigenvalue weighted by Crippen LogP contribution is 2.44. The maximum atomic E-state index is 5.57. The number of hydrogen-bond donors (Lipinski definition) is 0. The minimum atomic E-state index is -1.06. The Bertz CT molecular complexity index is 178. The summed E-state index contributed by atoms with van der Waals surface area (Å²) in [5.74, 6) is 0. The van der Waals surface area contributed by atoms with Gasteiger partial charge in [-0.3, -0.25) is 4.98 Å². The highest BCUT2D eigenvalue weighted by molar-refractivity contribution is 8.08. The van der Waals surface area contributed by atoms with E-state index in [1.165, 1.54) is 0 Å². The van der Waals surface area contributed by atoms with Gasteiger partial charge in [-0.2, -0.15) is 0 Å². The molecule has 0 aromatic carbocycles. The fourth-order valence-electron chi connectivity index (χ4n) is 0.454. The van der Waals surface area contributed by atoms with Crippen molar-refractivity contribution in [3.05, 3.63) is 24.4 Å². The molecule has 0 atom stereocenters. The van der Waals surface area contributed by atoms with E-state index in [0.717, 1.165) is 5.44 Å². The van der Waals surface area contributed by atoms with Crippen LogP contribution in [0, 0.1) is 0 Å². The summed E-state index contributed by atoms with van der Waals surface area (Å²) in [6, 6.07) is 5.50. The predicted molar refractivity (Wildman–Crippen MR) is 42.5 cm³/mol. The van der Waals surface area contributed by atoms with Crippen molar-refractivity contribution in [2.24, 2.45) is 0 Å². The van der Waals surface area contributed by atoms with E-state index in [1.54, 1.807) is 6.20 Å². The van der Waals surface area contributed by atoms with Gasteiger partial charge in [0.1, 0.15) is 6.63 Å². The third kappa shape index (κ3) is 2.09. The van der Waals surface area contributed by atoms with E-state index in [2.05, 4.69) is 4.98 Å². The fraction of sp³-hybridized carbons (Fsp3) is 0. The second-order valence-electron chi connectivity index (χ2n) is 1.42. The van der Waals surface area contributed by atoms with Crippen LogP contribution >= 0.6 is 29.1 Å². The van der Waals surface area contributed by atoms with Crippen LogP contribution in [0.25, 0.3) is 0 Å². The minimum absolute atomic E-state index is 0.760. The van der Waals surface area contributed by atoms with Crippen LogP contribution in [-0.4, -0.2) is 4.98 Å². The van der Waals surface area contributed by atoms with Crippen molar-refractivity contribution in [2.45, 2.75) is 0 Å². The van der Waals surface area contributed by atoms with Crippen LogP contribution in [0.3, 0.4) is 0 Å². The summed E-state index contributed by atoms with van der Waals surface area (Å²) in [7, 11) is 0. The SMILES string of the molecule is ClP(Cl)c1ccccn1. The highest BCUT2D eigenvalue weighted by atomic mass is 35.9. The van der Waals surface area contributed by atoms with Gasteiger partial charge >= 0.3 is 0 Å². The second-order valence-corrected chi connectivity index (χ2v) is 4.89. The van der Waals surface area contributed by atoms with Crippen LogP contribution in [0.15, 0.2) is 24.4 Å². The zero-order valence-corrected chi connectivity index (χ0v) is 6.87. The van der Waals surface area contributed by atoms with Gasteiger partial charge in [-0.1, -0.05) is 28.5 Å². The molecule has 0 saturated carbocycles. The predicted octanol–water partition coefficient (Wildman–Crippen LogP) is 2.50. The Kier molecular flexibility index (Phi) is 2.71. The molecule has 48 valence electrons. The summed E-state index contributed by atoms with van der Waals surface area (Å²) in [6.07, 6.45) is 1.68. The number of pyridine rings is 1. The van der Waals surface area contributed by atoms with Crippen molar-refractivity contribution in [2.75, 3.05) is 0 Å². The van der Waals surface area contributed by atoms with Crippen LogP contribution in [0.1, 0.15) is 0 Å². The van der Waals surface area contributed by atoms with E-state index in [1.807, 2.05) is 18.2 Å². The number of halogens is 2. The molecule has 0 radical (unpaired) electrons. The van der Waals surface area contributed by atoms with E-state index in [-0.39, 0.29) is 0 Å². The van der Waals surface area contributed by atoms with Gasteiger partial charge in [0, 0.05) is 6.20 Å². The van der Waals surface area contributed by atoms with Crippen molar-refractivity contribution < 1.29 is 0 Å². The molecule has 1 aromatic rings. The summed E-state index contributed by atoms with van der Waals surface area (Å²) in [5.41, 5.74) is 0.760. The first-order valence-electron chi connectivity index (χ1n) is 2.33. The molecule has 9 heavy (non-hydrogen) atoms. The summed E-state index contributed by atoms with van der Waals surface area (Å²) >= 11 is 11.1. The van der Waals surface area contributed by atoms with Crippen LogP contribution in [-0.2, 0) is 0 Å². The molecule has 0 spiro atoms. The molecule has 4 heteroatoms. The van der Waals surface area contributed by atoms with Crippen LogP contribution in [0.5, 0.6) is 0 Å². The summed E-state index contributed by atoms with van der Waals surface area (Å²) < 4.78 is 0. The van der Waals surface area contributed by atoms with Gasteiger partial charge < -0.3 is 0 Å². The second kappa shape index (κ2) is 3.36. The Morgan fingerprint density at radius 1 is 1.33 bits per heavy atom. The lowest BCUT2D eigenvalue weighted by molar-refractivity contribution is 1.39. The molecule has 0 amide bonds. The molecule has 1 nitrogen and oxygen atoms in total. The summed E-state index contributed by atoms with van der Waals surface area (Å²) in [5, 5.41) is 0. The van der Waals surface area contributed by atoms with Crippen molar-refractivity contribution in [1.29, 1.82) is 0 Å². The fourth-order valence-corrected chi connectivity index (χ4v) is 1.41. The van der Waals surface area contributed by atoms with E-state index in [0.29, 0.717) is 0 Å². The standard InChI is InChI=1S/C5H4Cl2NP/c6-9(7)5-3-1-2-4-8-5/h1-4H. The summed E-state index contributed by atoms with van der Waals surface area (Å²) in [4.78, 5) is 3.94. The van der Waals surface area contributed by atoms with Gasteiger partial charge in [0.2, 0.25) is 0 Å². The van der Waals surface area contributed by atoms with E-state index < -0.39 is 6.63 Å². The zero-order valence-electron chi connectivity index (χ0n) is 4.46. The van der Waals surface area contributed by atoms with E-state index >= 15 is 0 Å². The third-order valence-electron chi connectivity index (χ3n) is 0.822. The lowest BCUT2D eigenvalue weighted by Gasteiger charge is -1.95. The average molecular weight is 180 g/mol. The van der Waals surface area contributed by atoms with Gasteiger partial charge in [-0.15, -0.1) is 0 Å². The molecular formula is C5H4Cl2NP. The van der Waals surface area contributed by atoms with E-state index in [4.69, 9.17) is 22.5 Å². The Morgan fingerprint density at radius 2 is 2.11 bits per heavy atom. The lowest BCUT2D eigenvalue weighted by Crippen LogP contribution is -1.97. The Balaban J connectivity index is 2.85. The van der Waals surface area contributed by atoms with Gasteiger partial charge in [-0.25, -0.2) is 0 Å². The van der Waals surface area contributed by atoms with Crippen molar-refractivity contribution in [3.63, 3.8) is 0 Å². The monoisotopic (exact) mass is 179 g/mol. The van der Waals surface area contributed by atoms with Gasteiger partial charge in [0.05, 0.1) is 5.44 Å². The van der Waals surface area contributed by atoms with Crippen LogP contribution in [0.4, 0.5) is 0 Å². The normalized spacial score (nSPS) is 10.1. The average Bonchev–Trinajstić information content (AvgIpc) is 1.90. The number of rotatable bonds is 1. The van der Waals surface area contributed by atoms with Gasteiger partial charge in [0.25, 0.3) is 0 Å². The maximum Gasteiger partial charge on any atom is 0.135 e. The quantitative estimate of drug-likeness (QED) is 0.605. The molecule has 1 aromatic heterocycles. The molecule has 0 saturated heterocycles. The largest absolute Gasteiger partial charge is 0.254 e. The highest BCUT2D eigenvalue weighted by Gasteiger charge is 2.01. The molecule has 0 aliphatic carbocycles. The minimum Gasteiger partial charge on any atom is -0.254 e. The first-order chi connectivity index (χ1) is 4.30. The molecule has 0 bridgehead atoms. The third-order valence-corrected chi connectivity index (χ3v) is 2.47. The molecule has 0 N–H and O–H groups in total. The molecular weight excluding hydrogens is 176 g/mol. The topological polar surface area (TPSA) is 12.9 Å². The lowest BCUT2D eigenvalue weighted by atomic mass is 10.5. The van der Waals surface area contributed by atoms with Crippen LogP contribution in [0.2, 0.25) is 0 Å². The molecule has 1 rings (SSSR count). The molecule has 0 unspecified atom stereocenters. The Labute approximate surface area is 64.3 Å². The Hall–Kier alpha value is 0.160. The summed E-state index contributed by atoms with van der Waals surface area (Å²) in [6.45, 7) is -1.06. The van der Waals surface area contributed by atoms with Gasteiger partial charge in [0.15, 0.2) is 0 Å². The molecule has 0 fully saturated rings. The van der Waals surface area contributed by atoms with Crippen molar-refractivity contribution in [3.8, 4) is 0 Å². The van der Waals surface area contributed by atoms with Gasteiger partial charge in [-0.05, 0) is 12.1 Å². The van der Waals surface area contributed by atoms with Crippen molar-refractivity contribution >= 4 is 34.5 Å². The zero-order chi connectivity index (χ0) is 6.69. The van der Waals surface area contributed by atoms with Crippen LogP contribution < -0.4 is 5.44 Å². The van der Waals surface area contributed by atoms with Crippen molar-refractivity contribution in [1.82, 2.24) is 4.98 Å². The Morgan fingerprint density at radius 3 is 2.44 bits per heavy atom. The first kappa shape index (κ1) is 7.27. The number of aromatic nitrogens is 1. The molecule has 0 aliphatic heterocycles. The first-order valence-corrected chi connectivity index (χ1v) is 5.48. The number of nitrogens with zero attached hydrogens (tertiary/aromatic N) is 1. The maximum absolute atomic E-state index is 5.57. The molecule has 1 heterocycles. The number of hydrogen-bond acceptors (Lipinski definition) is 1. The van der Waals surface area contributed by atoms with E-state index in [9.17, 15) is 0 Å². The smallest absolute Gasteiger partial charge is 0.135 e.